The summed E-state index contributed by atoms with van der Waals surface area (Å²) >= 11 is 0. The third kappa shape index (κ3) is 4.55. The quantitative estimate of drug-likeness (QED) is 0.707. The first-order valence-electron chi connectivity index (χ1n) is 9.96. The summed E-state index contributed by atoms with van der Waals surface area (Å²) in [6.45, 7) is 11.7. The summed E-state index contributed by atoms with van der Waals surface area (Å²) in [6, 6.07) is 0. The largest absolute Gasteiger partial charge is 0.356 e. The maximum Gasteiger partial charge on any atom is 0.263 e. The summed E-state index contributed by atoms with van der Waals surface area (Å²) in [5.74, 6) is 1.12. The van der Waals surface area contributed by atoms with Crippen molar-refractivity contribution >= 4 is 22.8 Å². The zero-order valence-electron chi connectivity index (χ0n) is 16.6. The van der Waals surface area contributed by atoms with E-state index in [1.165, 1.54) is 6.33 Å². The van der Waals surface area contributed by atoms with E-state index in [-0.39, 0.29) is 11.8 Å². The van der Waals surface area contributed by atoms with Crippen LogP contribution in [-0.2, 0) is 4.79 Å². The van der Waals surface area contributed by atoms with Crippen LogP contribution in [0.2, 0.25) is 0 Å². The van der Waals surface area contributed by atoms with E-state index in [1.807, 2.05) is 6.92 Å². The smallest absolute Gasteiger partial charge is 0.263 e. The Morgan fingerprint density at radius 2 is 2.04 bits per heavy atom. The number of fused-ring (bicyclic) bond motifs is 1. The molecular formula is C19H30N6O2. The van der Waals surface area contributed by atoms with Gasteiger partial charge in [-0.1, -0.05) is 19.0 Å². The van der Waals surface area contributed by atoms with Crippen molar-refractivity contribution in [2.24, 2.45) is 5.92 Å². The van der Waals surface area contributed by atoms with Crippen LogP contribution in [0.1, 0.15) is 38.8 Å². The predicted octanol–water partition coefficient (Wildman–Crippen LogP) is 1.99. The van der Waals surface area contributed by atoms with Crippen LogP contribution in [0.15, 0.2) is 10.9 Å². The number of hydrogen-bond acceptors (Lipinski definition) is 7. The molecule has 3 rings (SSSR count). The first-order chi connectivity index (χ1) is 13.1. The number of piperidine rings is 1. The van der Waals surface area contributed by atoms with E-state index in [0.717, 1.165) is 75.4 Å². The third-order valence-corrected chi connectivity index (χ3v) is 5.43. The van der Waals surface area contributed by atoms with Crippen molar-refractivity contribution in [3.63, 3.8) is 0 Å². The molecule has 1 aliphatic heterocycles. The van der Waals surface area contributed by atoms with Gasteiger partial charge in [0.05, 0.1) is 5.69 Å². The van der Waals surface area contributed by atoms with Crippen molar-refractivity contribution < 1.29 is 9.32 Å². The monoisotopic (exact) mass is 374 g/mol. The highest BCUT2D eigenvalue weighted by Gasteiger charge is 2.27. The lowest BCUT2D eigenvalue weighted by atomic mass is 9.95. The van der Waals surface area contributed by atoms with Crippen molar-refractivity contribution in [3.05, 3.63) is 12.0 Å². The molecule has 0 spiro atoms. The number of hydrogen-bond donors (Lipinski definition) is 1. The van der Waals surface area contributed by atoms with Crippen LogP contribution in [0, 0.1) is 12.8 Å². The average Bonchev–Trinajstić information content (AvgIpc) is 3.09. The number of aryl methyl sites for hydroxylation is 1. The van der Waals surface area contributed by atoms with E-state index < -0.39 is 0 Å². The van der Waals surface area contributed by atoms with E-state index in [9.17, 15) is 4.79 Å². The highest BCUT2D eigenvalue weighted by molar-refractivity contribution is 5.88. The van der Waals surface area contributed by atoms with E-state index in [4.69, 9.17) is 4.52 Å². The molecule has 2 aromatic rings. The number of anilines is 1. The van der Waals surface area contributed by atoms with Crippen LogP contribution in [0.5, 0.6) is 0 Å². The van der Waals surface area contributed by atoms with Gasteiger partial charge in [0.2, 0.25) is 5.91 Å². The normalized spacial score (nSPS) is 15.6. The maximum atomic E-state index is 12.5. The molecule has 8 heteroatoms. The standard InChI is InChI=1S/C19H30N6O2/c1-4-24(5-2)10-6-9-20-18(26)15-7-11-25(12-8-15)17-16-14(3)23-27-19(16)22-13-21-17/h13,15H,4-12H2,1-3H3,(H,20,26). The summed E-state index contributed by atoms with van der Waals surface area (Å²) in [4.78, 5) is 25.6. The van der Waals surface area contributed by atoms with Gasteiger partial charge in [-0.2, -0.15) is 4.98 Å². The molecule has 0 bridgehead atoms. The van der Waals surface area contributed by atoms with Gasteiger partial charge in [0.15, 0.2) is 0 Å². The zero-order valence-corrected chi connectivity index (χ0v) is 16.6. The molecule has 1 aliphatic rings. The fourth-order valence-corrected chi connectivity index (χ4v) is 3.70. The van der Waals surface area contributed by atoms with Crippen molar-refractivity contribution in [2.75, 3.05) is 44.2 Å². The summed E-state index contributed by atoms with van der Waals surface area (Å²) in [7, 11) is 0. The Balaban J connectivity index is 1.48. The Morgan fingerprint density at radius 1 is 1.30 bits per heavy atom. The summed E-state index contributed by atoms with van der Waals surface area (Å²) in [5, 5.41) is 7.97. The van der Waals surface area contributed by atoms with Gasteiger partial charge < -0.3 is 19.6 Å². The molecule has 148 valence electrons. The Hall–Kier alpha value is -2.22. The van der Waals surface area contributed by atoms with Crippen molar-refractivity contribution in [1.82, 2.24) is 25.3 Å². The number of nitrogens with zero attached hydrogens (tertiary/aromatic N) is 5. The fraction of sp³-hybridized carbons (Fsp3) is 0.684. The lowest BCUT2D eigenvalue weighted by Gasteiger charge is -2.32. The topological polar surface area (TPSA) is 87.4 Å². The lowest BCUT2D eigenvalue weighted by molar-refractivity contribution is -0.125. The van der Waals surface area contributed by atoms with Gasteiger partial charge in [-0.25, -0.2) is 4.98 Å². The first-order valence-corrected chi connectivity index (χ1v) is 9.96. The first kappa shape index (κ1) is 19.5. The number of rotatable bonds is 8. The minimum atomic E-state index is 0.0793. The van der Waals surface area contributed by atoms with Gasteiger partial charge in [0.1, 0.15) is 17.5 Å². The zero-order chi connectivity index (χ0) is 19.2. The Labute approximate surface area is 160 Å². The second kappa shape index (κ2) is 9.12. The minimum Gasteiger partial charge on any atom is -0.356 e. The number of carbonyl (C=O) groups is 1. The van der Waals surface area contributed by atoms with Gasteiger partial charge >= 0.3 is 0 Å². The van der Waals surface area contributed by atoms with Crippen LogP contribution in [0.4, 0.5) is 5.82 Å². The van der Waals surface area contributed by atoms with Gasteiger partial charge in [0, 0.05) is 25.6 Å². The Kier molecular flexibility index (Phi) is 6.60. The molecule has 0 radical (unpaired) electrons. The molecule has 1 fully saturated rings. The van der Waals surface area contributed by atoms with Crippen molar-refractivity contribution in [3.8, 4) is 0 Å². The van der Waals surface area contributed by atoms with Gasteiger partial charge in [-0.05, 0) is 45.8 Å². The Bertz CT molecular complexity index is 750. The lowest BCUT2D eigenvalue weighted by Crippen LogP contribution is -2.41. The maximum absolute atomic E-state index is 12.5. The van der Waals surface area contributed by atoms with Crippen LogP contribution in [0.25, 0.3) is 11.1 Å². The second-order valence-electron chi connectivity index (χ2n) is 7.08. The summed E-state index contributed by atoms with van der Waals surface area (Å²) < 4.78 is 5.23. The number of aromatic nitrogens is 3. The molecule has 0 aliphatic carbocycles. The van der Waals surface area contributed by atoms with E-state index >= 15 is 0 Å². The van der Waals surface area contributed by atoms with Crippen molar-refractivity contribution in [1.29, 1.82) is 0 Å². The highest BCUT2D eigenvalue weighted by Crippen LogP contribution is 2.29. The third-order valence-electron chi connectivity index (χ3n) is 5.43. The molecule has 2 aromatic heterocycles. The number of amides is 1. The molecule has 8 nitrogen and oxygen atoms in total. The van der Waals surface area contributed by atoms with Gasteiger partial charge in [-0.15, -0.1) is 0 Å². The van der Waals surface area contributed by atoms with Crippen LogP contribution < -0.4 is 10.2 Å². The SMILES string of the molecule is CCN(CC)CCCNC(=O)C1CCN(c2ncnc3onc(C)c23)CC1. The van der Waals surface area contributed by atoms with E-state index in [1.54, 1.807) is 0 Å². The van der Waals surface area contributed by atoms with Crippen LogP contribution in [0.3, 0.4) is 0 Å². The number of carbonyl (C=O) groups excluding carboxylic acids is 1. The highest BCUT2D eigenvalue weighted by atomic mass is 16.5. The van der Waals surface area contributed by atoms with Gasteiger partial charge in [0.25, 0.3) is 5.71 Å². The van der Waals surface area contributed by atoms with Crippen LogP contribution in [-0.4, -0.2) is 65.2 Å². The molecule has 0 aromatic carbocycles. The summed E-state index contributed by atoms with van der Waals surface area (Å²) in [6.07, 6.45) is 4.17. The molecule has 1 amide bonds. The fourth-order valence-electron chi connectivity index (χ4n) is 3.70. The average molecular weight is 374 g/mol. The molecule has 0 saturated carbocycles. The molecule has 27 heavy (non-hydrogen) atoms. The molecule has 1 N–H and O–H groups in total. The van der Waals surface area contributed by atoms with Gasteiger partial charge in [-0.3, -0.25) is 4.79 Å². The second-order valence-corrected chi connectivity index (χ2v) is 7.08. The van der Waals surface area contributed by atoms with E-state index in [0.29, 0.717) is 5.71 Å². The minimum absolute atomic E-state index is 0.0793. The molecule has 1 saturated heterocycles. The summed E-state index contributed by atoms with van der Waals surface area (Å²) in [5.41, 5.74) is 1.32. The van der Waals surface area contributed by atoms with E-state index in [2.05, 4.69) is 44.1 Å². The molecule has 0 unspecified atom stereocenters. The number of nitrogens with one attached hydrogen (secondary N) is 1. The van der Waals surface area contributed by atoms with Crippen LogP contribution >= 0.6 is 0 Å². The molecule has 3 heterocycles. The predicted molar refractivity (Wildman–Crippen MR) is 105 cm³/mol. The Morgan fingerprint density at radius 3 is 2.74 bits per heavy atom. The van der Waals surface area contributed by atoms with Crippen molar-refractivity contribution in [2.45, 2.75) is 40.0 Å². The molecular weight excluding hydrogens is 344 g/mol. The molecule has 0 atom stereocenters.